The summed E-state index contributed by atoms with van der Waals surface area (Å²) < 4.78 is 13.2. The third-order valence-electron chi connectivity index (χ3n) is 9.59. The molecule has 4 bridgehead atoms. The van der Waals surface area contributed by atoms with Crippen LogP contribution in [0.1, 0.15) is 74.6 Å². The van der Waals surface area contributed by atoms with Gasteiger partial charge in [-0.1, -0.05) is 19.3 Å². The van der Waals surface area contributed by atoms with Gasteiger partial charge in [0.1, 0.15) is 11.3 Å². The van der Waals surface area contributed by atoms with Crippen molar-refractivity contribution in [2.75, 3.05) is 13.2 Å². The van der Waals surface area contributed by atoms with Crippen LogP contribution in [0.25, 0.3) is 0 Å². The first kappa shape index (κ1) is 27.5. The molecule has 2 N–H and O–H groups in total. The molecule has 5 aliphatic carbocycles. The first-order valence-electron chi connectivity index (χ1n) is 15.1. The van der Waals surface area contributed by atoms with Gasteiger partial charge in [0.2, 0.25) is 5.88 Å². The van der Waals surface area contributed by atoms with Crippen molar-refractivity contribution < 1.29 is 24.0 Å². The highest BCUT2D eigenvalue weighted by molar-refractivity contribution is 5.96. The van der Waals surface area contributed by atoms with Gasteiger partial charge in [0, 0.05) is 24.7 Å². The van der Waals surface area contributed by atoms with Crippen molar-refractivity contribution >= 4 is 17.7 Å². The number of aromatic nitrogens is 2. The summed E-state index contributed by atoms with van der Waals surface area (Å²) in [6, 6.07) is 5.52. The number of ether oxygens (including phenoxy) is 2. The van der Waals surface area contributed by atoms with Gasteiger partial charge in [-0.15, -0.1) is 0 Å². The van der Waals surface area contributed by atoms with E-state index in [9.17, 15) is 19.7 Å². The lowest BCUT2D eigenvalue weighted by Gasteiger charge is -2.54. The van der Waals surface area contributed by atoms with Gasteiger partial charge in [0.05, 0.1) is 24.3 Å². The zero-order valence-electron chi connectivity index (χ0n) is 23.3. The molecule has 5 saturated carbocycles. The van der Waals surface area contributed by atoms with Crippen molar-refractivity contribution in [2.45, 2.75) is 76.8 Å². The van der Waals surface area contributed by atoms with E-state index in [1.165, 1.54) is 75.6 Å². The monoisotopic (exact) mass is 565 g/mol. The van der Waals surface area contributed by atoms with Crippen molar-refractivity contribution in [1.82, 2.24) is 20.4 Å². The van der Waals surface area contributed by atoms with Crippen LogP contribution in [-0.4, -0.2) is 45.9 Å². The van der Waals surface area contributed by atoms with Crippen LogP contribution in [-0.2, 0) is 6.54 Å². The maximum absolute atomic E-state index is 13.6. The Hall–Kier alpha value is -3.63. The number of carbonyl (C=O) groups is 2. The third kappa shape index (κ3) is 6.33. The lowest BCUT2D eigenvalue weighted by atomic mass is 9.54. The topological polar surface area (TPSA) is 138 Å². The fourth-order valence-electron chi connectivity index (χ4n) is 7.82. The lowest BCUT2D eigenvalue weighted by molar-refractivity contribution is -0.384. The molecule has 2 amide bonds. The fourth-order valence-corrected chi connectivity index (χ4v) is 7.82. The van der Waals surface area contributed by atoms with E-state index in [1.54, 1.807) is 10.9 Å². The molecule has 0 spiro atoms. The number of nitro groups is 1. The van der Waals surface area contributed by atoms with Gasteiger partial charge in [-0.2, -0.15) is 5.10 Å². The van der Waals surface area contributed by atoms with Crippen molar-refractivity contribution in [3.8, 4) is 11.6 Å². The van der Waals surface area contributed by atoms with Gasteiger partial charge in [0.15, 0.2) is 0 Å². The number of carbonyl (C=O) groups excluding carboxylic acids is 2. The molecule has 41 heavy (non-hydrogen) atoms. The molecule has 1 aromatic heterocycles. The lowest BCUT2D eigenvalue weighted by Crippen LogP contribution is -2.55. The van der Waals surface area contributed by atoms with E-state index < -0.39 is 11.0 Å². The average Bonchev–Trinajstić information content (AvgIpc) is 3.37. The molecular formula is C30H39N5O6. The molecule has 1 heterocycles. The van der Waals surface area contributed by atoms with Gasteiger partial charge in [-0.05, 0) is 86.7 Å². The second kappa shape index (κ2) is 12.1. The molecule has 5 aliphatic rings. The molecule has 220 valence electrons. The summed E-state index contributed by atoms with van der Waals surface area (Å²) in [5.74, 6) is 3.80. The maximum Gasteiger partial charge on any atom is 0.412 e. The van der Waals surface area contributed by atoms with Crippen molar-refractivity contribution in [2.24, 2.45) is 29.6 Å². The Morgan fingerprint density at radius 1 is 1.00 bits per heavy atom. The molecule has 5 fully saturated rings. The number of amides is 2. The number of hydrogen-bond donors (Lipinski definition) is 2. The Balaban J connectivity index is 1.09. The standard InChI is InChI=1S/C30H39N5O6/c36-28(33-27-22-13-20-12-21(15-22)16-23(27)14-20)26-17-32-34(29(26)40-18-19-4-2-1-3-5-19)11-10-31-30(37)41-25-8-6-24(7-9-25)35(38)39/h6-9,17,19-23,27H,1-5,10-16,18H2,(H,31,37)(H,33,36). The number of nitro benzene ring substituents is 1. The second-order valence-electron chi connectivity index (χ2n) is 12.4. The summed E-state index contributed by atoms with van der Waals surface area (Å²) in [7, 11) is 0. The molecule has 1 aromatic carbocycles. The molecule has 0 saturated heterocycles. The highest BCUT2D eigenvalue weighted by atomic mass is 16.6. The smallest absolute Gasteiger partial charge is 0.412 e. The van der Waals surface area contributed by atoms with E-state index >= 15 is 0 Å². The molecule has 0 aliphatic heterocycles. The first-order chi connectivity index (χ1) is 19.9. The van der Waals surface area contributed by atoms with E-state index in [2.05, 4.69) is 15.7 Å². The van der Waals surface area contributed by atoms with E-state index in [-0.39, 0.29) is 29.9 Å². The summed E-state index contributed by atoms with van der Waals surface area (Å²) in [6.07, 6.45) is 13.1. The maximum atomic E-state index is 13.6. The van der Waals surface area contributed by atoms with E-state index in [4.69, 9.17) is 9.47 Å². The molecule has 0 radical (unpaired) electrons. The van der Waals surface area contributed by atoms with Crippen LogP contribution in [0.15, 0.2) is 30.5 Å². The van der Waals surface area contributed by atoms with E-state index in [0.29, 0.717) is 42.3 Å². The molecule has 7 rings (SSSR count). The number of nitrogens with one attached hydrogen (secondary N) is 2. The van der Waals surface area contributed by atoms with Crippen LogP contribution in [0.2, 0.25) is 0 Å². The molecule has 11 heteroatoms. The summed E-state index contributed by atoms with van der Waals surface area (Å²) >= 11 is 0. The Kier molecular flexibility index (Phi) is 8.11. The molecule has 2 aromatic rings. The number of benzene rings is 1. The largest absolute Gasteiger partial charge is 0.477 e. The summed E-state index contributed by atoms with van der Waals surface area (Å²) in [6.45, 7) is 1.03. The zero-order chi connectivity index (χ0) is 28.3. The second-order valence-corrected chi connectivity index (χ2v) is 12.4. The minimum Gasteiger partial charge on any atom is -0.477 e. The van der Waals surface area contributed by atoms with E-state index in [1.807, 2.05) is 0 Å². The molecule has 0 unspecified atom stereocenters. The van der Waals surface area contributed by atoms with Gasteiger partial charge in [0.25, 0.3) is 11.6 Å². The van der Waals surface area contributed by atoms with Crippen LogP contribution < -0.4 is 20.1 Å². The van der Waals surface area contributed by atoms with Gasteiger partial charge >= 0.3 is 6.09 Å². The number of non-ortho nitro benzene ring substituents is 1. The van der Waals surface area contributed by atoms with Crippen LogP contribution >= 0.6 is 0 Å². The van der Waals surface area contributed by atoms with E-state index in [0.717, 1.165) is 24.7 Å². The predicted octanol–water partition coefficient (Wildman–Crippen LogP) is 5.09. The first-order valence-corrected chi connectivity index (χ1v) is 15.1. The minimum atomic E-state index is -0.685. The van der Waals surface area contributed by atoms with Crippen LogP contribution in [0.4, 0.5) is 10.5 Å². The number of nitrogens with zero attached hydrogens (tertiary/aromatic N) is 3. The number of rotatable bonds is 10. The van der Waals surface area contributed by atoms with Crippen LogP contribution in [0.3, 0.4) is 0 Å². The van der Waals surface area contributed by atoms with Gasteiger partial charge in [-0.25, -0.2) is 9.48 Å². The highest BCUT2D eigenvalue weighted by Crippen LogP contribution is 2.53. The molecular weight excluding hydrogens is 526 g/mol. The van der Waals surface area contributed by atoms with Gasteiger partial charge in [-0.3, -0.25) is 14.9 Å². The quantitative estimate of drug-likeness (QED) is 0.302. The molecule has 0 atom stereocenters. The number of hydrogen-bond acceptors (Lipinski definition) is 7. The Labute approximate surface area is 239 Å². The third-order valence-corrected chi connectivity index (χ3v) is 9.59. The Morgan fingerprint density at radius 2 is 1.68 bits per heavy atom. The van der Waals surface area contributed by atoms with Crippen LogP contribution in [0, 0.1) is 39.7 Å². The Morgan fingerprint density at radius 3 is 2.34 bits per heavy atom. The SMILES string of the molecule is O=C(NCCn1ncc(C(=O)NC2C3CC4CC(C3)CC2C4)c1OCC1CCCCC1)Oc1ccc([N+](=O)[O-])cc1. The molecule has 11 nitrogen and oxygen atoms in total. The van der Waals surface area contributed by atoms with Crippen molar-refractivity contribution in [3.63, 3.8) is 0 Å². The normalized spacial score (nSPS) is 26.9. The van der Waals surface area contributed by atoms with Gasteiger partial charge < -0.3 is 20.1 Å². The van der Waals surface area contributed by atoms with Crippen molar-refractivity contribution in [3.05, 3.63) is 46.1 Å². The fraction of sp³-hybridized carbons (Fsp3) is 0.633. The van der Waals surface area contributed by atoms with Crippen LogP contribution in [0.5, 0.6) is 11.6 Å². The highest BCUT2D eigenvalue weighted by Gasteiger charge is 2.48. The summed E-state index contributed by atoms with van der Waals surface area (Å²) in [4.78, 5) is 36.2. The zero-order valence-corrected chi connectivity index (χ0v) is 23.3. The summed E-state index contributed by atoms with van der Waals surface area (Å²) in [5, 5.41) is 21.3. The van der Waals surface area contributed by atoms with Crippen molar-refractivity contribution in [1.29, 1.82) is 0 Å². The predicted molar refractivity (Wildman–Crippen MR) is 150 cm³/mol. The summed E-state index contributed by atoms with van der Waals surface area (Å²) in [5.41, 5.74) is 0.364. The minimum absolute atomic E-state index is 0.0830. The Bertz CT molecular complexity index is 1230. The average molecular weight is 566 g/mol.